The van der Waals surface area contributed by atoms with Gasteiger partial charge in [0.2, 0.25) is 0 Å². The van der Waals surface area contributed by atoms with E-state index in [0.717, 1.165) is 12.8 Å². The second-order valence-corrected chi connectivity index (χ2v) is 8.36. The van der Waals surface area contributed by atoms with Gasteiger partial charge in [-0.25, -0.2) is 8.42 Å². The molecule has 1 atom stereocenters. The van der Waals surface area contributed by atoms with E-state index in [1.807, 2.05) is 0 Å². The van der Waals surface area contributed by atoms with Gasteiger partial charge in [-0.3, -0.25) is 0 Å². The lowest BCUT2D eigenvalue weighted by Gasteiger charge is -2.30. The predicted molar refractivity (Wildman–Crippen MR) is 80.7 cm³/mol. The third-order valence-electron chi connectivity index (χ3n) is 3.81. The Labute approximate surface area is 114 Å². The van der Waals surface area contributed by atoms with Crippen molar-refractivity contribution in [3.63, 3.8) is 0 Å². The van der Waals surface area contributed by atoms with E-state index in [-0.39, 0.29) is 0 Å². The van der Waals surface area contributed by atoms with Crippen LogP contribution < -0.4 is 0 Å². The highest BCUT2D eigenvalue weighted by atomic mass is 32.2. The van der Waals surface area contributed by atoms with E-state index in [1.54, 1.807) is 0 Å². The largest absolute Gasteiger partial charge is 0.229 e. The fraction of sp³-hybridized carbons (Fsp3) is 1.00. The Hall–Kier alpha value is -0.0500. The molecule has 2 nitrogen and oxygen atoms in total. The monoisotopic (exact) mass is 276 g/mol. The van der Waals surface area contributed by atoms with Gasteiger partial charge in [-0.2, -0.15) is 0 Å². The lowest BCUT2D eigenvalue weighted by molar-refractivity contribution is 0.232. The Bertz CT molecular complexity index is 296. The molecule has 0 aliphatic heterocycles. The molecule has 0 saturated carbocycles. The van der Waals surface area contributed by atoms with Crippen molar-refractivity contribution in [1.82, 2.24) is 0 Å². The molecule has 3 heteroatoms. The van der Waals surface area contributed by atoms with Crippen LogP contribution in [0.1, 0.15) is 78.6 Å². The smallest absolute Gasteiger partial charge is 0.147 e. The SMILES string of the molecule is CCCCCC(C)(CCCC)CCCS(C)(=O)=O. The number of hydrogen-bond acceptors (Lipinski definition) is 2. The molecule has 0 aromatic rings. The van der Waals surface area contributed by atoms with Gasteiger partial charge in [0.1, 0.15) is 9.84 Å². The van der Waals surface area contributed by atoms with Crippen LogP contribution in [-0.4, -0.2) is 20.4 Å². The van der Waals surface area contributed by atoms with Crippen LogP contribution in [0, 0.1) is 5.41 Å². The molecule has 0 radical (unpaired) electrons. The Balaban J connectivity index is 4.18. The third-order valence-corrected chi connectivity index (χ3v) is 4.84. The zero-order valence-corrected chi connectivity index (χ0v) is 13.6. The third kappa shape index (κ3) is 9.93. The van der Waals surface area contributed by atoms with E-state index in [2.05, 4.69) is 20.8 Å². The van der Waals surface area contributed by atoms with Gasteiger partial charge >= 0.3 is 0 Å². The van der Waals surface area contributed by atoms with Gasteiger partial charge in [0.05, 0.1) is 0 Å². The zero-order valence-electron chi connectivity index (χ0n) is 12.8. The molecule has 1 unspecified atom stereocenters. The standard InChI is InChI=1S/C15H32O2S/c1-5-7-9-12-15(3,11-8-6-2)13-10-14-18(4,16)17/h5-14H2,1-4H3. The average molecular weight is 276 g/mol. The molecule has 0 aliphatic carbocycles. The highest BCUT2D eigenvalue weighted by Crippen LogP contribution is 2.35. The molecule has 0 amide bonds. The summed E-state index contributed by atoms with van der Waals surface area (Å²) < 4.78 is 22.4. The molecular formula is C15H32O2S. The van der Waals surface area contributed by atoms with Gasteiger partial charge in [0, 0.05) is 12.0 Å². The van der Waals surface area contributed by atoms with E-state index in [4.69, 9.17) is 0 Å². The van der Waals surface area contributed by atoms with Crippen LogP contribution in [0.3, 0.4) is 0 Å². The average Bonchev–Trinajstić information content (AvgIpc) is 2.25. The van der Waals surface area contributed by atoms with Gasteiger partial charge in [0.25, 0.3) is 0 Å². The molecule has 0 aromatic carbocycles. The first-order valence-corrected chi connectivity index (χ1v) is 9.57. The number of hydrogen-bond donors (Lipinski definition) is 0. The maximum atomic E-state index is 11.2. The molecule has 110 valence electrons. The molecule has 0 N–H and O–H groups in total. The Kier molecular flexibility index (Phi) is 8.93. The highest BCUT2D eigenvalue weighted by molar-refractivity contribution is 7.90. The van der Waals surface area contributed by atoms with Crippen molar-refractivity contribution < 1.29 is 8.42 Å². The minimum Gasteiger partial charge on any atom is -0.229 e. The second kappa shape index (κ2) is 8.95. The molecule has 0 fully saturated rings. The summed E-state index contributed by atoms with van der Waals surface area (Å²) in [5.74, 6) is 0.350. The van der Waals surface area contributed by atoms with Crippen molar-refractivity contribution in [2.45, 2.75) is 78.6 Å². The van der Waals surface area contributed by atoms with Crippen LogP contribution in [0.4, 0.5) is 0 Å². The van der Waals surface area contributed by atoms with Gasteiger partial charge in [-0.15, -0.1) is 0 Å². The Morgan fingerprint density at radius 2 is 1.33 bits per heavy atom. The second-order valence-electron chi connectivity index (χ2n) is 6.10. The number of rotatable bonds is 11. The van der Waals surface area contributed by atoms with Crippen LogP contribution in [0.2, 0.25) is 0 Å². The quantitative estimate of drug-likeness (QED) is 0.517. The lowest BCUT2D eigenvalue weighted by Crippen LogP contribution is -2.18. The lowest BCUT2D eigenvalue weighted by atomic mass is 9.76. The Morgan fingerprint density at radius 3 is 1.83 bits per heavy atom. The van der Waals surface area contributed by atoms with Crippen molar-refractivity contribution in [3.05, 3.63) is 0 Å². The van der Waals surface area contributed by atoms with Crippen molar-refractivity contribution in [3.8, 4) is 0 Å². The first-order chi connectivity index (χ1) is 8.33. The van der Waals surface area contributed by atoms with Gasteiger partial charge in [-0.1, -0.05) is 52.9 Å². The molecule has 0 aromatic heterocycles. The van der Waals surface area contributed by atoms with E-state index in [0.29, 0.717) is 11.2 Å². The summed E-state index contributed by atoms with van der Waals surface area (Å²) in [5, 5.41) is 0. The molecule has 0 heterocycles. The summed E-state index contributed by atoms with van der Waals surface area (Å²) in [4.78, 5) is 0. The van der Waals surface area contributed by atoms with Crippen molar-refractivity contribution >= 4 is 9.84 Å². The summed E-state index contributed by atoms with van der Waals surface area (Å²) in [5.41, 5.74) is 0.357. The zero-order chi connectivity index (χ0) is 14.1. The minimum absolute atomic E-state index is 0.350. The number of sulfone groups is 1. The van der Waals surface area contributed by atoms with Gasteiger partial charge in [0.15, 0.2) is 0 Å². The van der Waals surface area contributed by atoms with Crippen molar-refractivity contribution in [2.24, 2.45) is 5.41 Å². The minimum atomic E-state index is -2.79. The Morgan fingerprint density at radius 1 is 0.833 bits per heavy atom. The summed E-state index contributed by atoms with van der Waals surface area (Å²) in [6.07, 6.45) is 12.1. The first-order valence-electron chi connectivity index (χ1n) is 7.51. The van der Waals surface area contributed by atoms with Gasteiger partial charge in [-0.05, 0) is 31.1 Å². The van der Waals surface area contributed by atoms with Crippen LogP contribution >= 0.6 is 0 Å². The molecule has 0 aliphatic rings. The van der Waals surface area contributed by atoms with Crippen LogP contribution in [-0.2, 0) is 9.84 Å². The highest BCUT2D eigenvalue weighted by Gasteiger charge is 2.23. The summed E-state index contributed by atoms with van der Waals surface area (Å²) in [6, 6.07) is 0. The fourth-order valence-corrected chi connectivity index (χ4v) is 3.21. The topological polar surface area (TPSA) is 34.1 Å². The first kappa shape index (κ1) is 17.9. The summed E-state index contributed by atoms with van der Waals surface area (Å²) in [6.45, 7) is 6.80. The molecular weight excluding hydrogens is 244 g/mol. The summed E-state index contributed by atoms with van der Waals surface area (Å²) >= 11 is 0. The summed E-state index contributed by atoms with van der Waals surface area (Å²) in [7, 11) is -2.79. The molecule has 18 heavy (non-hydrogen) atoms. The molecule has 0 saturated heterocycles. The normalized spacial score (nSPS) is 15.6. The van der Waals surface area contributed by atoms with E-state index < -0.39 is 9.84 Å². The maximum absolute atomic E-state index is 11.2. The van der Waals surface area contributed by atoms with Crippen LogP contribution in [0.15, 0.2) is 0 Å². The maximum Gasteiger partial charge on any atom is 0.147 e. The molecule has 0 bridgehead atoms. The molecule has 0 rings (SSSR count). The van der Waals surface area contributed by atoms with Crippen molar-refractivity contribution in [2.75, 3.05) is 12.0 Å². The van der Waals surface area contributed by atoms with E-state index in [9.17, 15) is 8.42 Å². The molecule has 0 spiro atoms. The predicted octanol–water partition coefficient (Wildman–Crippen LogP) is 4.59. The fourth-order valence-electron chi connectivity index (χ4n) is 2.54. The van der Waals surface area contributed by atoms with Gasteiger partial charge < -0.3 is 0 Å². The number of unbranched alkanes of at least 4 members (excludes halogenated alkanes) is 3. The van der Waals surface area contributed by atoms with Crippen LogP contribution in [0.5, 0.6) is 0 Å². The van der Waals surface area contributed by atoms with Crippen LogP contribution in [0.25, 0.3) is 0 Å². The van der Waals surface area contributed by atoms with E-state index in [1.165, 1.54) is 51.2 Å². The van der Waals surface area contributed by atoms with E-state index >= 15 is 0 Å². The van der Waals surface area contributed by atoms with Crippen molar-refractivity contribution in [1.29, 1.82) is 0 Å².